The van der Waals surface area contributed by atoms with Gasteiger partial charge in [-0.15, -0.1) is 0 Å². The van der Waals surface area contributed by atoms with Crippen LogP contribution in [0, 0.1) is 5.92 Å². The number of benzene rings is 1. The third kappa shape index (κ3) is 4.39. The normalized spacial score (nSPS) is 23.0. The molecule has 1 aromatic carbocycles. The first-order valence-corrected chi connectivity index (χ1v) is 7.35. The first-order chi connectivity index (χ1) is 9.29. The van der Waals surface area contributed by atoms with Gasteiger partial charge in [0.15, 0.2) is 0 Å². The van der Waals surface area contributed by atoms with Crippen molar-refractivity contribution in [1.82, 2.24) is 5.32 Å². The van der Waals surface area contributed by atoms with Gasteiger partial charge in [0.2, 0.25) is 0 Å². The van der Waals surface area contributed by atoms with E-state index in [0.29, 0.717) is 12.6 Å². The first kappa shape index (κ1) is 14.1. The summed E-state index contributed by atoms with van der Waals surface area (Å²) >= 11 is 0. The molecule has 0 aromatic heterocycles. The number of nitrogens with one attached hydrogen (secondary N) is 1. The van der Waals surface area contributed by atoms with Gasteiger partial charge >= 0.3 is 0 Å². The van der Waals surface area contributed by atoms with Crippen LogP contribution in [0.1, 0.15) is 38.2 Å². The van der Waals surface area contributed by atoms with Crippen molar-refractivity contribution in [2.75, 3.05) is 6.61 Å². The SMILES string of the molecule is C=CCOc1ccc(CNC2CCCCC2C)cc1. The molecule has 1 aromatic rings. The monoisotopic (exact) mass is 259 g/mol. The van der Waals surface area contributed by atoms with Crippen LogP contribution in [0.15, 0.2) is 36.9 Å². The van der Waals surface area contributed by atoms with Crippen LogP contribution < -0.4 is 10.1 Å². The van der Waals surface area contributed by atoms with Crippen molar-refractivity contribution >= 4 is 0 Å². The Balaban J connectivity index is 1.80. The molecule has 104 valence electrons. The van der Waals surface area contributed by atoms with Gasteiger partial charge in [0, 0.05) is 12.6 Å². The maximum atomic E-state index is 5.48. The smallest absolute Gasteiger partial charge is 0.119 e. The zero-order valence-electron chi connectivity index (χ0n) is 11.9. The molecule has 2 nitrogen and oxygen atoms in total. The molecule has 1 saturated carbocycles. The van der Waals surface area contributed by atoms with E-state index in [1.165, 1.54) is 31.2 Å². The molecule has 2 unspecified atom stereocenters. The molecule has 0 radical (unpaired) electrons. The molecule has 1 N–H and O–H groups in total. The molecule has 0 bridgehead atoms. The standard InChI is InChI=1S/C17H25NO/c1-3-12-19-16-10-8-15(9-11-16)13-18-17-7-5-4-6-14(17)2/h3,8-11,14,17-18H,1,4-7,12-13H2,2H3. The van der Waals surface area contributed by atoms with E-state index in [1.807, 2.05) is 12.1 Å². The van der Waals surface area contributed by atoms with E-state index in [2.05, 4.69) is 31.0 Å². The zero-order valence-corrected chi connectivity index (χ0v) is 11.9. The molecule has 0 spiro atoms. The second-order valence-corrected chi connectivity index (χ2v) is 5.49. The lowest BCUT2D eigenvalue weighted by Crippen LogP contribution is -2.36. The van der Waals surface area contributed by atoms with Crippen LogP contribution in [-0.4, -0.2) is 12.6 Å². The third-order valence-electron chi connectivity index (χ3n) is 3.97. The molecule has 2 heteroatoms. The zero-order chi connectivity index (χ0) is 13.5. The van der Waals surface area contributed by atoms with Gasteiger partial charge in [0.1, 0.15) is 12.4 Å². The van der Waals surface area contributed by atoms with Gasteiger partial charge in [-0.3, -0.25) is 0 Å². The Morgan fingerprint density at radius 3 is 2.68 bits per heavy atom. The van der Waals surface area contributed by atoms with Crippen molar-refractivity contribution in [1.29, 1.82) is 0 Å². The van der Waals surface area contributed by atoms with Crippen molar-refractivity contribution in [3.05, 3.63) is 42.5 Å². The summed E-state index contributed by atoms with van der Waals surface area (Å²) in [5.41, 5.74) is 1.32. The van der Waals surface area contributed by atoms with E-state index in [4.69, 9.17) is 4.74 Å². The van der Waals surface area contributed by atoms with Crippen molar-refractivity contribution in [3.8, 4) is 5.75 Å². The van der Waals surface area contributed by atoms with Gasteiger partial charge in [-0.05, 0) is 36.5 Å². The molecule has 2 rings (SSSR count). The predicted molar refractivity (Wildman–Crippen MR) is 80.4 cm³/mol. The van der Waals surface area contributed by atoms with Crippen LogP contribution in [0.5, 0.6) is 5.75 Å². The molecule has 0 amide bonds. The van der Waals surface area contributed by atoms with Crippen LogP contribution in [-0.2, 0) is 6.54 Å². The lowest BCUT2D eigenvalue weighted by Gasteiger charge is -2.29. The predicted octanol–water partition coefficient (Wildman–Crippen LogP) is 3.92. The Bertz CT molecular complexity index is 385. The second kappa shape index (κ2) is 7.34. The summed E-state index contributed by atoms with van der Waals surface area (Å²) in [6.45, 7) is 7.53. The van der Waals surface area contributed by atoms with E-state index in [0.717, 1.165) is 18.2 Å². The summed E-state index contributed by atoms with van der Waals surface area (Å²) in [4.78, 5) is 0. The van der Waals surface area contributed by atoms with E-state index in [-0.39, 0.29) is 0 Å². The minimum Gasteiger partial charge on any atom is -0.490 e. The van der Waals surface area contributed by atoms with Gasteiger partial charge in [-0.2, -0.15) is 0 Å². The van der Waals surface area contributed by atoms with Crippen LogP contribution in [0.3, 0.4) is 0 Å². The number of hydrogen-bond acceptors (Lipinski definition) is 2. The highest BCUT2D eigenvalue weighted by Crippen LogP contribution is 2.24. The molecule has 0 saturated heterocycles. The molecule has 19 heavy (non-hydrogen) atoms. The fraction of sp³-hybridized carbons (Fsp3) is 0.529. The van der Waals surface area contributed by atoms with E-state index < -0.39 is 0 Å². The lowest BCUT2D eigenvalue weighted by molar-refractivity contribution is 0.279. The molecule has 1 aliphatic rings. The lowest BCUT2D eigenvalue weighted by atomic mass is 9.86. The Hall–Kier alpha value is -1.28. The van der Waals surface area contributed by atoms with Crippen molar-refractivity contribution < 1.29 is 4.74 Å². The average Bonchev–Trinajstić information content (AvgIpc) is 2.45. The van der Waals surface area contributed by atoms with Crippen LogP contribution in [0.2, 0.25) is 0 Å². The molecule has 0 aliphatic heterocycles. The van der Waals surface area contributed by atoms with E-state index >= 15 is 0 Å². The van der Waals surface area contributed by atoms with Crippen molar-refractivity contribution in [2.24, 2.45) is 5.92 Å². The minimum atomic E-state index is 0.567. The highest BCUT2D eigenvalue weighted by molar-refractivity contribution is 5.27. The van der Waals surface area contributed by atoms with Crippen LogP contribution >= 0.6 is 0 Å². The Kier molecular flexibility index (Phi) is 5.46. The Morgan fingerprint density at radius 2 is 2.00 bits per heavy atom. The number of hydrogen-bond donors (Lipinski definition) is 1. The molecule has 0 heterocycles. The summed E-state index contributed by atoms with van der Waals surface area (Å²) in [5, 5.41) is 3.69. The van der Waals surface area contributed by atoms with Crippen LogP contribution in [0.4, 0.5) is 0 Å². The summed E-state index contributed by atoms with van der Waals surface area (Å²) in [6, 6.07) is 9.03. The Labute approximate surface area is 116 Å². The van der Waals surface area contributed by atoms with E-state index in [1.54, 1.807) is 6.08 Å². The van der Waals surface area contributed by atoms with Gasteiger partial charge < -0.3 is 10.1 Å². The maximum Gasteiger partial charge on any atom is 0.119 e. The largest absolute Gasteiger partial charge is 0.490 e. The van der Waals surface area contributed by atoms with Gasteiger partial charge in [-0.25, -0.2) is 0 Å². The van der Waals surface area contributed by atoms with E-state index in [9.17, 15) is 0 Å². The van der Waals surface area contributed by atoms with Crippen molar-refractivity contribution in [2.45, 2.75) is 45.2 Å². The summed E-state index contributed by atoms with van der Waals surface area (Å²) in [6.07, 6.45) is 7.22. The topological polar surface area (TPSA) is 21.3 Å². The third-order valence-corrected chi connectivity index (χ3v) is 3.97. The molecule has 2 atom stereocenters. The summed E-state index contributed by atoms with van der Waals surface area (Å²) < 4.78 is 5.48. The fourth-order valence-electron chi connectivity index (χ4n) is 2.73. The molecule has 1 fully saturated rings. The number of rotatable bonds is 6. The van der Waals surface area contributed by atoms with Gasteiger partial charge in [-0.1, -0.05) is 44.6 Å². The molecule has 1 aliphatic carbocycles. The maximum absolute atomic E-state index is 5.48. The minimum absolute atomic E-state index is 0.567. The van der Waals surface area contributed by atoms with Gasteiger partial charge in [0.05, 0.1) is 0 Å². The van der Waals surface area contributed by atoms with Crippen molar-refractivity contribution in [3.63, 3.8) is 0 Å². The van der Waals surface area contributed by atoms with Crippen LogP contribution in [0.25, 0.3) is 0 Å². The molecular formula is C17H25NO. The summed E-state index contributed by atoms with van der Waals surface area (Å²) in [5.74, 6) is 1.72. The number of ether oxygens (including phenoxy) is 1. The summed E-state index contributed by atoms with van der Waals surface area (Å²) in [7, 11) is 0. The highest BCUT2D eigenvalue weighted by Gasteiger charge is 2.20. The fourth-order valence-corrected chi connectivity index (χ4v) is 2.73. The first-order valence-electron chi connectivity index (χ1n) is 7.35. The Morgan fingerprint density at radius 1 is 1.26 bits per heavy atom. The highest BCUT2D eigenvalue weighted by atomic mass is 16.5. The average molecular weight is 259 g/mol. The second-order valence-electron chi connectivity index (χ2n) is 5.49. The quantitative estimate of drug-likeness (QED) is 0.782. The van der Waals surface area contributed by atoms with Gasteiger partial charge in [0.25, 0.3) is 0 Å². The molecular weight excluding hydrogens is 234 g/mol.